The van der Waals surface area contributed by atoms with Gasteiger partial charge in [-0.25, -0.2) is 4.79 Å². The van der Waals surface area contributed by atoms with Crippen molar-refractivity contribution < 1.29 is 14.3 Å². The lowest BCUT2D eigenvalue weighted by molar-refractivity contribution is -0.156. The highest BCUT2D eigenvalue weighted by atomic mass is 16.5. The molecule has 1 aliphatic heterocycles. The number of amides is 1. The van der Waals surface area contributed by atoms with Crippen LogP contribution in [0.4, 0.5) is 0 Å². The van der Waals surface area contributed by atoms with Gasteiger partial charge in [0.2, 0.25) is 6.10 Å². The molecule has 6 heteroatoms. The minimum absolute atomic E-state index is 0.158. The summed E-state index contributed by atoms with van der Waals surface area (Å²) in [6, 6.07) is 9.17. The fourth-order valence-corrected chi connectivity index (χ4v) is 3.33. The Morgan fingerprint density at radius 3 is 2.41 bits per heavy atom. The van der Waals surface area contributed by atoms with Gasteiger partial charge in [-0.05, 0) is 32.8 Å². The third kappa shape index (κ3) is 4.27. The highest BCUT2D eigenvalue weighted by Gasteiger charge is 2.30. The van der Waals surface area contributed by atoms with Crippen LogP contribution < -0.4 is 0 Å². The van der Waals surface area contributed by atoms with Crippen LogP contribution in [-0.4, -0.2) is 39.6 Å². The number of hydrogen-bond acceptors (Lipinski definition) is 4. The van der Waals surface area contributed by atoms with E-state index < -0.39 is 12.1 Å². The predicted molar refractivity (Wildman–Crippen MR) is 103 cm³/mol. The van der Waals surface area contributed by atoms with Gasteiger partial charge in [0.25, 0.3) is 5.91 Å². The first kappa shape index (κ1) is 18.9. The molecule has 27 heavy (non-hydrogen) atoms. The van der Waals surface area contributed by atoms with E-state index in [1.165, 1.54) is 6.08 Å². The van der Waals surface area contributed by atoms with Gasteiger partial charge < -0.3 is 9.64 Å². The Morgan fingerprint density at radius 1 is 1.15 bits per heavy atom. The topological polar surface area (TPSA) is 64.4 Å². The molecular formula is C21H25N3O3. The van der Waals surface area contributed by atoms with Crippen LogP contribution in [0.2, 0.25) is 0 Å². The first-order chi connectivity index (χ1) is 13.0. The molecule has 142 valence electrons. The van der Waals surface area contributed by atoms with Crippen LogP contribution in [0.15, 0.2) is 36.4 Å². The number of benzene rings is 1. The molecule has 0 bridgehead atoms. The summed E-state index contributed by atoms with van der Waals surface area (Å²) in [5.41, 5.74) is 3.37. The van der Waals surface area contributed by atoms with Crippen LogP contribution in [-0.2, 0) is 21.4 Å². The largest absolute Gasteiger partial charge is 0.444 e. The number of ether oxygens (including phenoxy) is 1. The van der Waals surface area contributed by atoms with Gasteiger partial charge in [0.15, 0.2) is 0 Å². The lowest BCUT2D eigenvalue weighted by Gasteiger charge is -2.23. The molecule has 1 aromatic heterocycles. The maximum Gasteiger partial charge on any atom is 0.331 e. The summed E-state index contributed by atoms with van der Waals surface area (Å²) in [4.78, 5) is 27.1. The number of aryl methyl sites for hydroxylation is 2. The molecule has 1 saturated heterocycles. The second kappa shape index (κ2) is 8.20. The van der Waals surface area contributed by atoms with Crippen molar-refractivity contribution in [3.8, 4) is 0 Å². The van der Waals surface area contributed by atoms with E-state index in [1.54, 1.807) is 15.7 Å². The lowest BCUT2D eigenvalue weighted by atomic mass is 10.1. The van der Waals surface area contributed by atoms with E-state index >= 15 is 0 Å². The van der Waals surface area contributed by atoms with Crippen molar-refractivity contribution in [1.29, 1.82) is 0 Å². The Bertz CT molecular complexity index is 849. The molecule has 1 aliphatic rings. The zero-order chi connectivity index (χ0) is 19.4. The normalized spacial score (nSPS) is 15.3. The Balaban J connectivity index is 1.78. The summed E-state index contributed by atoms with van der Waals surface area (Å²) in [5, 5.41) is 4.33. The van der Waals surface area contributed by atoms with Crippen LogP contribution in [0, 0.1) is 13.8 Å². The minimum Gasteiger partial charge on any atom is -0.444 e. The van der Waals surface area contributed by atoms with Crippen LogP contribution >= 0.6 is 0 Å². The summed E-state index contributed by atoms with van der Waals surface area (Å²) in [6.07, 6.45) is 4.12. The molecule has 0 spiro atoms. The molecule has 0 N–H and O–H groups in total. The van der Waals surface area contributed by atoms with Crippen LogP contribution in [0.1, 0.15) is 41.5 Å². The molecule has 1 fully saturated rings. The van der Waals surface area contributed by atoms with E-state index in [2.05, 4.69) is 5.10 Å². The van der Waals surface area contributed by atoms with Crippen molar-refractivity contribution in [3.63, 3.8) is 0 Å². The van der Waals surface area contributed by atoms with Gasteiger partial charge in [-0.15, -0.1) is 0 Å². The number of hydrogen-bond donors (Lipinski definition) is 0. The molecule has 2 heterocycles. The summed E-state index contributed by atoms with van der Waals surface area (Å²) in [5.74, 6) is -0.701. The average Bonchev–Trinajstić information content (AvgIpc) is 3.28. The highest BCUT2D eigenvalue weighted by molar-refractivity contribution is 5.91. The van der Waals surface area contributed by atoms with Gasteiger partial charge in [-0.1, -0.05) is 30.3 Å². The fraction of sp³-hybridized carbons (Fsp3) is 0.381. The third-order valence-corrected chi connectivity index (χ3v) is 4.93. The van der Waals surface area contributed by atoms with E-state index in [0.717, 1.165) is 29.8 Å². The summed E-state index contributed by atoms with van der Waals surface area (Å²) >= 11 is 0. The number of esters is 1. The van der Waals surface area contributed by atoms with Crippen LogP contribution in [0.5, 0.6) is 0 Å². The molecule has 0 radical (unpaired) electrons. The van der Waals surface area contributed by atoms with Gasteiger partial charge in [-0.2, -0.15) is 5.10 Å². The van der Waals surface area contributed by atoms with Gasteiger partial charge in [0, 0.05) is 43.0 Å². The fourth-order valence-electron chi connectivity index (χ4n) is 3.33. The zero-order valence-electron chi connectivity index (χ0n) is 16.0. The second-order valence-electron chi connectivity index (χ2n) is 6.80. The Morgan fingerprint density at radius 2 is 1.81 bits per heavy atom. The van der Waals surface area contributed by atoms with Crippen LogP contribution in [0.25, 0.3) is 6.08 Å². The number of carbonyl (C=O) groups is 2. The quantitative estimate of drug-likeness (QED) is 0.602. The molecular weight excluding hydrogens is 342 g/mol. The van der Waals surface area contributed by atoms with E-state index in [4.69, 9.17) is 4.74 Å². The molecule has 1 amide bonds. The predicted octanol–water partition coefficient (Wildman–Crippen LogP) is 2.96. The van der Waals surface area contributed by atoms with Crippen molar-refractivity contribution in [2.24, 2.45) is 7.05 Å². The number of nitrogens with zero attached hydrogens (tertiary/aromatic N) is 3. The molecule has 2 aromatic rings. The van der Waals surface area contributed by atoms with E-state index in [-0.39, 0.29) is 5.91 Å². The molecule has 1 aromatic carbocycles. The number of likely N-dealkylation sites (tertiary alicyclic amines) is 1. The van der Waals surface area contributed by atoms with Gasteiger partial charge in [0.1, 0.15) is 0 Å². The molecule has 0 unspecified atom stereocenters. The van der Waals surface area contributed by atoms with Gasteiger partial charge >= 0.3 is 5.97 Å². The third-order valence-electron chi connectivity index (χ3n) is 4.93. The maximum atomic E-state index is 12.9. The summed E-state index contributed by atoms with van der Waals surface area (Å²) in [6.45, 7) is 5.25. The summed E-state index contributed by atoms with van der Waals surface area (Å²) < 4.78 is 7.34. The Hall–Kier alpha value is -2.89. The van der Waals surface area contributed by atoms with Crippen molar-refractivity contribution >= 4 is 18.0 Å². The maximum absolute atomic E-state index is 12.9. The first-order valence-electron chi connectivity index (χ1n) is 9.20. The van der Waals surface area contributed by atoms with Gasteiger partial charge in [-0.3, -0.25) is 9.48 Å². The SMILES string of the molecule is Cc1nn(C)c(C)c1/C=C/C(=O)O[C@H](C(=O)N1CCCC1)c1ccccc1. The number of carbonyl (C=O) groups excluding carboxylic acids is 2. The van der Waals surface area contributed by atoms with Crippen molar-refractivity contribution in [3.05, 3.63) is 58.9 Å². The second-order valence-corrected chi connectivity index (χ2v) is 6.80. The first-order valence-corrected chi connectivity index (χ1v) is 9.20. The molecule has 3 rings (SSSR count). The smallest absolute Gasteiger partial charge is 0.331 e. The minimum atomic E-state index is -0.919. The molecule has 6 nitrogen and oxygen atoms in total. The van der Waals surface area contributed by atoms with Crippen molar-refractivity contribution in [1.82, 2.24) is 14.7 Å². The van der Waals surface area contributed by atoms with Gasteiger partial charge in [0.05, 0.1) is 5.69 Å². The Labute approximate surface area is 159 Å². The summed E-state index contributed by atoms with van der Waals surface area (Å²) in [7, 11) is 1.86. The van der Waals surface area contributed by atoms with E-state index in [0.29, 0.717) is 18.7 Å². The van der Waals surface area contributed by atoms with Crippen LogP contribution in [0.3, 0.4) is 0 Å². The lowest BCUT2D eigenvalue weighted by Crippen LogP contribution is -2.34. The van der Waals surface area contributed by atoms with Crippen molar-refractivity contribution in [2.45, 2.75) is 32.8 Å². The van der Waals surface area contributed by atoms with E-state index in [9.17, 15) is 9.59 Å². The molecule has 1 atom stereocenters. The monoisotopic (exact) mass is 367 g/mol. The average molecular weight is 367 g/mol. The number of rotatable bonds is 5. The zero-order valence-corrected chi connectivity index (χ0v) is 16.0. The highest BCUT2D eigenvalue weighted by Crippen LogP contribution is 2.23. The standard InChI is InChI=1S/C21H25N3O3/c1-15-18(16(2)23(3)22-15)11-12-19(25)27-20(17-9-5-4-6-10-17)21(26)24-13-7-8-14-24/h4-6,9-12,20H,7-8,13-14H2,1-3H3/b12-11+/t20-/m0/s1. The van der Waals surface area contributed by atoms with Crippen molar-refractivity contribution in [2.75, 3.05) is 13.1 Å². The molecule has 0 aliphatic carbocycles. The van der Waals surface area contributed by atoms with E-state index in [1.807, 2.05) is 51.2 Å². The Kier molecular flexibility index (Phi) is 5.74. The molecule has 0 saturated carbocycles. The number of aromatic nitrogens is 2.